The van der Waals surface area contributed by atoms with E-state index in [0.717, 1.165) is 11.4 Å². The third-order valence-electron chi connectivity index (χ3n) is 3.92. The lowest BCUT2D eigenvalue weighted by molar-refractivity contribution is 0.598. The average molecular weight is 383 g/mol. The highest BCUT2D eigenvalue weighted by atomic mass is 32.2. The predicted molar refractivity (Wildman–Crippen MR) is 106 cm³/mol. The smallest absolute Gasteiger partial charge is 0.238 e. The van der Waals surface area contributed by atoms with Crippen LogP contribution in [0.3, 0.4) is 0 Å². The summed E-state index contributed by atoms with van der Waals surface area (Å²) >= 11 is 0. The van der Waals surface area contributed by atoms with E-state index in [-0.39, 0.29) is 4.90 Å². The minimum Gasteiger partial charge on any atom is -0.366 e. The van der Waals surface area contributed by atoms with Gasteiger partial charge in [0.1, 0.15) is 5.82 Å². The predicted octanol–water partition coefficient (Wildman–Crippen LogP) is 2.39. The van der Waals surface area contributed by atoms with Crippen molar-refractivity contribution >= 4 is 21.8 Å². The van der Waals surface area contributed by atoms with Crippen molar-refractivity contribution in [1.82, 2.24) is 9.97 Å². The number of aromatic nitrogens is 2. The number of hydrogen-bond donors (Lipinski definition) is 3. The molecule has 7 nitrogen and oxygen atoms in total. The summed E-state index contributed by atoms with van der Waals surface area (Å²) in [5.74, 6) is 1.28. The summed E-state index contributed by atoms with van der Waals surface area (Å²) in [7, 11) is -3.66. The number of sulfonamides is 1. The van der Waals surface area contributed by atoms with E-state index in [4.69, 9.17) is 5.14 Å². The number of nitrogens with two attached hydrogens (primary N) is 1. The monoisotopic (exact) mass is 383 g/mol. The van der Waals surface area contributed by atoms with Crippen molar-refractivity contribution in [2.24, 2.45) is 5.14 Å². The number of rotatable bonds is 8. The number of benzene rings is 2. The van der Waals surface area contributed by atoms with Gasteiger partial charge in [-0.2, -0.15) is 4.98 Å². The molecule has 8 heteroatoms. The van der Waals surface area contributed by atoms with E-state index >= 15 is 0 Å². The lowest BCUT2D eigenvalue weighted by Gasteiger charge is -2.09. The second-order valence-electron chi connectivity index (χ2n) is 5.97. The Morgan fingerprint density at radius 3 is 2.33 bits per heavy atom. The number of nitrogens with zero attached hydrogens (tertiary/aromatic N) is 2. The van der Waals surface area contributed by atoms with Crippen LogP contribution in [-0.4, -0.2) is 24.9 Å². The molecule has 0 saturated carbocycles. The van der Waals surface area contributed by atoms with E-state index in [2.05, 4.69) is 32.7 Å². The summed E-state index contributed by atoms with van der Waals surface area (Å²) in [4.78, 5) is 8.76. The number of anilines is 2. The van der Waals surface area contributed by atoms with Crippen molar-refractivity contribution in [3.05, 3.63) is 78.0 Å². The standard InChI is InChI=1S/C19H21N5O2S/c20-27(25,26)17-8-6-15(7-9-17)10-12-21-19-22-13-11-18(24-19)23-14-16-4-2-1-3-5-16/h1-9,11,13H,10,12,14H2,(H2,20,25,26)(H2,21,22,23,24). The Balaban J connectivity index is 1.51. The summed E-state index contributed by atoms with van der Waals surface area (Å²) < 4.78 is 22.5. The van der Waals surface area contributed by atoms with Crippen molar-refractivity contribution < 1.29 is 8.42 Å². The van der Waals surface area contributed by atoms with Crippen molar-refractivity contribution in [3.8, 4) is 0 Å². The molecule has 0 aliphatic rings. The highest BCUT2D eigenvalue weighted by molar-refractivity contribution is 7.89. The van der Waals surface area contributed by atoms with Gasteiger partial charge in [0.15, 0.2) is 0 Å². The quantitative estimate of drug-likeness (QED) is 0.551. The molecule has 0 aliphatic heterocycles. The van der Waals surface area contributed by atoms with Crippen LogP contribution in [0.4, 0.5) is 11.8 Å². The van der Waals surface area contributed by atoms with Crippen molar-refractivity contribution in [3.63, 3.8) is 0 Å². The Labute approximate surface area is 158 Å². The molecule has 0 spiro atoms. The fourth-order valence-corrected chi connectivity index (χ4v) is 3.01. The first-order valence-electron chi connectivity index (χ1n) is 8.47. The second-order valence-corrected chi connectivity index (χ2v) is 7.53. The average Bonchev–Trinajstić information content (AvgIpc) is 2.67. The molecule has 1 heterocycles. The second kappa shape index (κ2) is 8.61. The Morgan fingerprint density at radius 2 is 1.63 bits per heavy atom. The summed E-state index contributed by atoms with van der Waals surface area (Å²) in [6.07, 6.45) is 2.40. The summed E-state index contributed by atoms with van der Waals surface area (Å²) in [6.45, 7) is 1.31. The molecule has 3 aromatic rings. The van der Waals surface area contributed by atoms with Gasteiger partial charge in [0.2, 0.25) is 16.0 Å². The molecule has 3 rings (SSSR count). The zero-order valence-electron chi connectivity index (χ0n) is 14.7. The third kappa shape index (κ3) is 5.77. The van der Waals surface area contributed by atoms with E-state index in [9.17, 15) is 8.42 Å². The van der Waals surface area contributed by atoms with E-state index in [1.165, 1.54) is 17.7 Å². The largest absolute Gasteiger partial charge is 0.366 e. The Bertz CT molecular complexity index is 976. The molecule has 0 bridgehead atoms. The van der Waals surface area contributed by atoms with Gasteiger partial charge in [-0.05, 0) is 35.7 Å². The fourth-order valence-electron chi connectivity index (χ4n) is 2.50. The van der Waals surface area contributed by atoms with Crippen LogP contribution in [-0.2, 0) is 23.0 Å². The number of hydrogen-bond acceptors (Lipinski definition) is 6. The van der Waals surface area contributed by atoms with Gasteiger partial charge >= 0.3 is 0 Å². The molecule has 4 N–H and O–H groups in total. The van der Waals surface area contributed by atoms with E-state index in [1.54, 1.807) is 18.3 Å². The molecule has 0 aliphatic carbocycles. The van der Waals surface area contributed by atoms with Crippen LogP contribution in [0.5, 0.6) is 0 Å². The van der Waals surface area contributed by atoms with Crippen LogP contribution in [0.25, 0.3) is 0 Å². The van der Waals surface area contributed by atoms with Gasteiger partial charge in [0, 0.05) is 19.3 Å². The molecule has 0 fully saturated rings. The van der Waals surface area contributed by atoms with Gasteiger partial charge in [0.05, 0.1) is 4.90 Å². The molecular weight excluding hydrogens is 362 g/mol. The van der Waals surface area contributed by atoms with Gasteiger partial charge < -0.3 is 10.6 Å². The highest BCUT2D eigenvalue weighted by Gasteiger charge is 2.06. The van der Waals surface area contributed by atoms with Crippen molar-refractivity contribution in [2.75, 3.05) is 17.2 Å². The number of nitrogens with one attached hydrogen (secondary N) is 2. The van der Waals surface area contributed by atoms with Crippen LogP contribution in [0.15, 0.2) is 71.8 Å². The minimum absolute atomic E-state index is 0.111. The van der Waals surface area contributed by atoms with E-state index in [1.807, 2.05) is 24.3 Å². The fraction of sp³-hybridized carbons (Fsp3) is 0.158. The molecule has 0 saturated heterocycles. The van der Waals surface area contributed by atoms with Gasteiger partial charge in [-0.1, -0.05) is 42.5 Å². The molecule has 27 heavy (non-hydrogen) atoms. The first kappa shape index (κ1) is 18.8. The minimum atomic E-state index is -3.66. The lowest BCUT2D eigenvalue weighted by Crippen LogP contribution is -2.12. The molecule has 0 unspecified atom stereocenters. The Hall–Kier alpha value is -2.97. The number of primary sulfonamides is 1. The van der Waals surface area contributed by atoms with Crippen LogP contribution < -0.4 is 15.8 Å². The lowest BCUT2D eigenvalue weighted by atomic mass is 10.1. The SMILES string of the molecule is NS(=O)(=O)c1ccc(CCNc2nccc(NCc3ccccc3)n2)cc1. The molecule has 0 amide bonds. The van der Waals surface area contributed by atoms with Crippen LogP contribution in [0.2, 0.25) is 0 Å². The first-order valence-corrected chi connectivity index (χ1v) is 10.0. The Morgan fingerprint density at radius 1 is 0.889 bits per heavy atom. The maximum Gasteiger partial charge on any atom is 0.238 e. The van der Waals surface area contributed by atoms with Crippen molar-refractivity contribution in [1.29, 1.82) is 0 Å². The Kier molecular flexibility index (Phi) is 6.00. The summed E-state index contributed by atoms with van der Waals surface area (Å²) in [5.41, 5.74) is 2.17. The summed E-state index contributed by atoms with van der Waals surface area (Å²) in [5, 5.41) is 11.5. The van der Waals surface area contributed by atoms with Crippen LogP contribution in [0, 0.1) is 0 Å². The topological polar surface area (TPSA) is 110 Å². The maximum atomic E-state index is 11.3. The van der Waals surface area contributed by atoms with Gasteiger partial charge in [0.25, 0.3) is 0 Å². The highest BCUT2D eigenvalue weighted by Crippen LogP contribution is 2.11. The van der Waals surface area contributed by atoms with Gasteiger partial charge in [-0.15, -0.1) is 0 Å². The molecule has 1 aromatic heterocycles. The maximum absolute atomic E-state index is 11.3. The van der Waals surface area contributed by atoms with Gasteiger partial charge in [-0.3, -0.25) is 0 Å². The normalized spacial score (nSPS) is 11.1. The van der Waals surface area contributed by atoms with Crippen molar-refractivity contribution in [2.45, 2.75) is 17.9 Å². The van der Waals surface area contributed by atoms with Crippen LogP contribution >= 0.6 is 0 Å². The summed E-state index contributed by atoms with van der Waals surface area (Å²) in [6, 6.07) is 18.4. The zero-order valence-corrected chi connectivity index (χ0v) is 15.5. The van der Waals surface area contributed by atoms with E-state index < -0.39 is 10.0 Å². The van der Waals surface area contributed by atoms with Crippen LogP contribution in [0.1, 0.15) is 11.1 Å². The third-order valence-corrected chi connectivity index (χ3v) is 4.85. The van der Waals surface area contributed by atoms with E-state index in [0.29, 0.717) is 25.5 Å². The molecule has 140 valence electrons. The molecular formula is C19H21N5O2S. The zero-order chi connectivity index (χ0) is 19.1. The van der Waals surface area contributed by atoms with Gasteiger partial charge in [-0.25, -0.2) is 18.5 Å². The first-order chi connectivity index (χ1) is 13.0. The molecule has 0 radical (unpaired) electrons. The molecule has 0 atom stereocenters. The molecule has 2 aromatic carbocycles.